The van der Waals surface area contributed by atoms with Crippen molar-refractivity contribution in [3.8, 4) is 0 Å². The molecule has 3 nitrogen and oxygen atoms in total. The van der Waals surface area contributed by atoms with Crippen molar-refractivity contribution in [3.63, 3.8) is 0 Å². The molecule has 0 aliphatic rings. The van der Waals surface area contributed by atoms with Gasteiger partial charge in [-0.25, -0.2) is 8.42 Å². The third kappa shape index (κ3) is 2.60. The molecule has 0 saturated heterocycles. The molecule has 0 radical (unpaired) electrons. The van der Waals surface area contributed by atoms with Gasteiger partial charge in [-0.05, 0) is 29.8 Å². The summed E-state index contributed by atoms with van der Waals surface area (Å²) >= 11 is 10.7. The van der Waals surface area contributed by atoms with Crippen LogP contribution in [0.2, 0.25) is 5.02 Å². The van der Waals surface area contributed by atoms with Crippen LogP contribution in [0.5, 0.6) is 0 Å². The zero-order valence-corrected chi connectivity index (χ0v) is 9.58. The van der Waals surface area contributed by atoms with Gasteiger partial charge in [0.15, 0.2) is 0 Å². The molecular weight excluding hydrogens is 270 g/mol. The lowest BCUT2D eigenvalue weighted by Gasteiger charge is -2.01. The number of hydrogen-bond acceptors (Lipinski definition) is 3. The maximum Gasteiger partial charge on any atom is 0.262 e. The van der Waals surface area contributed by atoms with Crippen LogP contribution in [0, 0.1) is 0 Å². The SMILES string of the molecule is O=C(Cl)c1cc(Cl)ccc1S(=O)(=O)Cl. The first kappa shape index (κ1) is 11.8. The van der Waals surface area contributed by atoms with Gasteiger partial charge in [-0.15, -0.1) is 0 Å². The average Bonchev–Trinajstić information content (AvgIpc) is 2.01. The molecule has 0 aliphatic carbocycles. The first-order valence-electron chi connectivity index (χ1n) is 3.26. The van der Waals surface area contributed by atoms with Gasteiger partial charge in [-0.2, -0.15) is 0 Å². The first-order chi connectivity index (χ1) is 6.32. The molecule has 1 aromatic rings. The fraction of sp³-hybridized carbons (Fsp3) is 0. The average molecular weight is 274 g/mol. The summed E-state index contributed by atoms with van der Waals surface area (Å²) in [6.45, 7) is 0. The first-order valence-corrected chi connectivity index (χ1v) is 6.33. The van der Waals surface area contributed by atoms with Gasteiger partial charge in [-0.3, -0.25) is 4.79 Å². The second-order valence-electron chi connectivity index (χ2n) is 2.35. The van der Waals surface area contributed by atoms with Crippen LogP contribution < -0.4 is 0 Å². The van der Waals surface area contributed by atoms with E-state index in [2.05, 4.69) is 0 Å². The third-order valence-corrected chi connectivity index (χ3v) is 3.23. The minimum absolute atomic E-state index is 0.207. The summed E-state index contributed by atoms with van der Waals surface area (Å²) in [5.74, 6) is 0. The van der Waals surface area contributed by atoms with E-state index in [4.69, 9.17) is 33.9 Å². The van der Waals surface area contributed by atoms with E-state index in [9.17, 15) is 13.2 Å². The highest BCUT2D eigenvalue weighted by atomic mass is 35.7. The Hall–Kier alpha value is -0.290. The summed E-state index contributed by atoms with van der Waals surface area (Å²) in [7, 11) is 1.09. The van der Waals surface area contributed by atoms with Gasteiger partial charge in [0.1, 0.15) is 0 Å². The molecule has 1 aromatic carbocycles. The third-order valence-electron chi connectivity index (χ3n) is 1.42. The number of halogens is 3. The number of hydrogen-bond donors (Lipinski definition) is 0. The van der Waals surface area contributed by atoms with Crippen LogP contribution in [0.15, 0.2) is 23.1 Å². The van der Waals surface area contributed by atoms with Crippen LogP contribution in [0.4, 0.5) is 0 Å². The van der Waals surface area contributed by atoms with Crippen LogP contribution in [0.1, 0.15) is 10.4 Å². The lowest BCUT2D eigenvalue weighted by Crippen LogP contribution is -2.00. The highest BCUT2D eigenvalue weighted by Crippen LogP contribution is 2.24. The van der Waals surface area contributed by atoms with Gasteiger partial charge in [-0.1, -0.05) is 11.6 Å². The van der Waals surface area contributed by atoms with Crippen LogP contribution in [-0.4, -0.2) is 13.7 Å². The molecule has 76 valence electrons. The molecule has 0 bridgehead atoms. The maximum atomic E-state index is 11.0. The Morgan fingerprint density at radius 1 is 1.29 bits per heavy atom. The molecule has 0 saturated carbocycles. The highest BCUT2D eigenvalue weighted by molar-refractivity contribution is 8.13. The number of carbonyl (C=O) groups excluding carboxylic acids is 1. The normalized spacial score (nSPS) is 11.4. The molecule has 1 rings (SSSR count). The van der Waals surface area contributed by atoms with E-state index >= 15 is 0 Å². The second-order valence-corrected chi connectivity index (χ2v) is 5.67. The smallest absolute Gasteiger partial charge is 0.262 e. The molecule has 0 fully saturated rings. The Morgan fingerprint density at radius 3 is 2.29 bits per heavy atom. The van der Waals surface area contributed by atoms with Gasteiger partial charge >= 0.3 is 0 Å². The van der Waals surface area contributed by atoms with Gasteiger partial charge in [0.2, 0.25) is 0 Å². The Kier molecular flexibility index (Phi) is 3.42. The quantitative estimate of drug-likeness (QED) is 0.778. The van der Waals surface area contributed by atoms with Crippen LogP contribution in [0.3, 0.4) is 0 Å². The molecule has 0 atom stereocenters. The van der Waals surface area contributed by atoms with E-state index in [0.717, 1.165) is 12.1 Å². The summed E-state index contributed by atoms with van der Waals surface area (Å²) in [5.41, 5.74) is -0.228. The van der Waals surface area contributed by atoms with E-state index in [1.165, 1.54) is 6.07 Å². The van der Waals surface area contributed by atoms with Crippen molar-refractivity contribution in [2.45, 2.75) is 4.90 Å². The van der Waals surface area contributed by atoms with Crippen molar-refractivity contribution >= 4 is 48.2 Å². The standard InChI is InChI=1S/C7H3Cl3O3S/c8-4-1-2-6(14(10,12)13)5(3-4)7(9)11/h1-3H. The Labute approximate surface area is 95.0 Å². The predicted molar refractivity (Wildman–Crippen MR) is 54.7 cm³/mol. The summed E-state index contributed by atoms with van der Waals surface area (Å²) in [6, 6.07) is 3.58. The summed E-state index contributed by atoms with van der Waals surface area (Å²) in [5, 5.41) is -0.718. The molecule has 0 heterocycles. The van der Waals surface area contributed by atoms with Crippen molar-refractivity contribution in [3.05, 3.63) is 28.8 Å². The maximum absolute atomic E-state index is 11.0. The zero-order valence-electron chi connectivity index (χ0n) is 6.50. The van der Waals surface area contributed by atoms with Gasteiger partial charge in [0.05, 0.1) is 10.5 Å². The topological polar surface area (TPSA) is 51.2 Å². The number of benzene rings is 1. The highest BCUT2D eigenvalue weighted by Gasteiger charge is 2.19. The Balaban J connectivity index is 3.53. The largest absolute Gasteiger partial charge is 0.276 e. The molecular formula is C7H3Cl3O3S. The fourth-order valence-corrected chi connectivity index (χ4v) is 2.30. The lowest BCUT2D eigenvalue weighted by atomic mass is 10.2. The molecule has 0 spiro atoms. The molecule has 0 N–H and O–H groups in total. The van der Waals surface area contributed by atoms with Gasteiger partial charge in [0, 0.05) is 15.7 Å². The summed E-state index contributed by atoms with van der Waals surface area (Å²) < 4.78 is 22.0. The van der Waals surface area contributed by atoms with E-state index in [1.54, 1.807) is 0 Å². The van der Waals surface area contributed by atoms with Crippen LogP contribution in [-0.2, 0) is 9.05 Å². The van der Waals surface area contributed by atoms with Crippen molar-refractivity contribution in [2.24, 2.45) is 0 Å². The van der Waals surface area contributed by atoms with E-state index in [0.29, 0.717) is 0 Å². The minimum atomic E-state index is -3.99. The predicted octanol–water partition coefficient (Wildman–Crippen LogP) is 2.65. The van der Waals surface area contributed by atoms with Crippen molar-refractivity contribution in [1.29, 1.82) is 0 Å². The second kappa shape index (κ2) is 4.06. The molecule has 14 heavy (non-hydrogen) atoms. The van der Waals surface area contributed by atoms with Crippen LogP contribution in [0.25, 0.3) is 0 Å². The molecule has 7 heteroatoms. The summed E-state index contributed by atoms with van der Waals surface area (Å²) in [4.78, 5) is 10.5. The Bertz CT molecular complexity index is 481. The molecule has 0 aliphatic heterocycles. The van der Waals surface area contributed by atoms with E-state index in [1.807, 2.05) is 0 Å². The molecule has 0 amide bonds. The van der Waals surface area contributed by atoms with Crippen molar-refractivity contribution < 1.29 is 13.2 Å². The zero-order chi connectivity index (χ0) is 10.9. The van der Waals surface area contributed by atoms with Crippen molar-refractivity contribution in [2.75, 3.05) is 0 Å². The molecule has 0 unspecified atom stereocenters. The minimum Gasteiger partial charge on any atom is -0.276 e. The van der Waals surface area contributed by atoms with Gasteiger partial charge in [0.25, 0.3) is 14.3 Å². The van der Waals surface area contributed by atoms with Crippen molar-refractivity contribution in [1.82, 2.24) is 0 Å². The summed E-state index contributed by atoms with van der Waals surface area (Å²) in [6.07, 6.45) is 0. The van der Waals surface area contributed by atoms with Gasteiger partial charge < -0.3 is 0 Å². The number of rotatable bonds is 2. The lowest BCUT2D eigenvalue weighted by molar-refractivity contribution is 0.107. The number of carbonyl (C=O) groups is 1. The van der Waals surface area contributed by atoms with Crippen LogP contribution >= 0.6 is 33.9 Å². The Morgan fingerprint density at radius 2 is 1.86 bits per heavy atom. The van der Waals surface area contributed by atoms with E-state index in [-0.39, 0.29) is 15.5 Å². The fourth-order valence-electron chi connectivity index (χ4n) is 0.868. The van der Waals surface area contributed by atoms with E-state index < -0.39 is 14.3 Å². The molecule has 0 aromatic heterocycles. The monoisotopic (exact) mass is 272 g/mol.